The van der Waals surface area contributed by atoms with Gasteiger partial charge in [0.2, 0.25) is 0 Å². The highest BCUT2D eigenvalue weighted by Crippen LogP contribution is 2.33. The molecule has 0 aromatic heterocycles. The third kappa shape index (κ3) is 28.0. The van der Waals surface area contributed by atoms with E-state index in [1.54, 1.807) is 14.2 Å². The monoisotopic (exact) mass is 1150 g/mol. The molecule has 0 spiro atoms. The third-order valence-electron chi connectivity index (χ3n) is 13.2. The Labute approximate surface area is 479 Å². The summed E-state index contributed by atoms with van der Waals surface area (Å²) in [6.07, 6.45) is 6.79. The number of ether oxygens (including phenoxy) is 6. The minimum Gasteiger partial charge on any atom is -0.478 e. The first kappa shape index (κ1) is 80.8. The normalized spacial score (nSPS) is 12.3. The number of ketones is 4. The average molecular weight is 1150 g/mol. The Balaban J connectivity index is -0.000000449. The number of carboxylic acids is 4. The van der Waals surface area contributed by atoms with E-state index in [4.69, 9.17) is 44.1 Å². The number of Topliss-reactive ketones (excluding diaryl/α,β-unsaturated/α-hetero) is 4. The Bertz CT molecular complexity index is 2110. The highest BCUT2D eigenvalue weighted by Gasteiger charge is 2.39. The summed E-state index contributed by atoms with van der Waals surface area (Å²) in [4.78, 5) is 123. The largest absolute Gasteiger partial charge is 0.478 e. The Morgan fingerprint density at radius 2 is 0.827 bits per heavy atom. The van der Waals surface area contributed by atoms with Crippen LogP contribution < -0.4 is 0 Å². The Morgan fingerprint density at radius 1 is 0.519 bits per heavy atom. The molecule has 1 heterocycles. The fourth-order valence-electron chi connectivity index (χ4n) is 6.02. The van der Waals surface area contributed by atoms with Crippen molar-refractivity contribution in [3.05, 3.63) is 68.8 Å². The van der Waals surface area contributed by atoms with E-state index in [1.807, 2.05) is 62.3 Å². The van der Waals surface area contributed by atoms with Crippen molar-refractivity contribution >= 4 is 64.9 Å². The molecule has 0 amide bonds. The molecule has 0 radical (unpaired) electrons. The minimum atomic E-state index is -1.42. The quantitative estimate of drug-likeness (QED) is 0.0328. The van der Waals surface area contributed by atoms with Crippen LogP contribution in [0.2, 0.25) is 0 Å². The van der Waals surface area contributed by atoms with Gasteiger partial charge in [-0.05, 0) is 132 Å². The number of hydrogen-bond donors (Lipinski definition) is 4. The molecule has 1 atom stereocenters. The van der Waals surface area contributed by atoms with E-state index >= 15 is 0 Å². The Hall–Kier alpha value is -6.71. The molecule has 0 bridgehead atoms. The van der Waals surface area contributed by atoms with Crippen LogP contribution in [0.25, 0.3) is 0 Å². The predicted octanol–water partition coefficient (Wildman–Crippen LogP) is 11.4. The van der Waals surface area contributed by atoms with Crippen molar-refractivity contribution in [1.29, 1.82) is 0 Å². The van der Waals surface area contributed by atoms with Gasteiger partial charge in [-0.25, -0.2) is 19.2 Å². The van der Waals surface area contributed by atoms with E-state index in [0.717, 1.165) is 110 Å². The van der Waals surface area contributed by atoms with Crippen LogP contribution in [0.4, 0.5) is 0 Å². The number of unbranched alkanes of at least 4 members (excludes halogenated alkanes) is 1. The molecular weight excluding hydrogens is 1060 g/mol. The number of methoxy groups -OCH3 is 3. The van der Waals surface area contributed by atoms with Gasteiger partial charge in [0.1, 0.15) is 6.61 Å². The van der Waals surface area contributed by atoms with E-state index in [0.29, 0.717) is 19.8 Å². The third-order valence-corrected chi connectivity index (χ3v) is 13.2. The van der Waals surface area contributed by atoms with E-state index in [2.05, 4.69) is 25.5 Å². The molecule has 0 aliphatic carbocycles. The molecule has 0 saturated carbocycles. The van der Waals surface area contributed by atoms with Gasteiger partial charge in [-0.2, -0.15) is 0 Å². The van der Waals surface area contributed by atoms with E-state index in [1.165, 1.54) is 7.11 Å². The van der Waals surface area contributed by atoms with Crippen LogP contribution in [-0.2, 0) is 42.8 Å². The first-order valence-corrected chi connectivity index (χ1v) is 26.2. The number of hydrogen-bond acceptors (Lipinski definition) is 17. The molecule has 460 valence electrons. The molecule has 1 aliphatic rings. The number of carboxylic acid groups (broad SMARTS) is 4. The number of carbonyl (C=O) groups excluding carboxylic acids is 7. The van der Waals surface area contributed by atoms with Crippen LogP contribution in [0.15, 0.2) is 24.3 Å². The van der Waals surface area contributed by atoms with E-state index in [9.17, 15) is 52.7 Å². The Morgan fingerprint density at radius 3 is 1.02 bits per heavy atom. The molecule has 2 aromatic carbocycles. The standard InChI is InChI=1S/2C12H10O6.C12H22O3.C10H20O2.C7H14O2.C6H14O2.CH4/c1-5(13)7-3-10(12(17)18)8(6(2)14)4-9(7)11(15)16;1-5(13)7-3-8(6(2)14)10(12(17)18)4-9(7)11(15)16;1-5-11(3,4)10(13)15-9-12(6-2)7-14-8-12;1-5-7-8-12-9(11)10(3,4)6-2;1-5-7(2,3)6(8)9-4;1-4-6(8-3)5-7-2;/h2*3-4H,1-2H3,(H,15,16)(H,17,18);5-9H2,1-4H3;5-8H2,1-4H3;5H2,1-4H3;6H,4-5H2,1-3H3;1H4. The van der Waals surface area contributed by atoms with Crippen molar-refractivity contribution in [2.75, 3.05) is 54.4 Å². The lowest BCUT2D eigenvalue weighted by molar-refractivity contribution is -0.178. The summed E-state index contributed by atoms with van der Waals surface area (Å²) in [5.74, 6) is -8.17. The van der Waals surface area contributed by atoms with E-state index < -0.39 is 58.1 Å². The topological polar surface area (TPSA) is 324 Å². The second-order valence-electron chi connectivity index (χ2n) is 20.7. The molecule has 21 heteroatoms. The number of benzene rings is 2. The van der Waals surface area contributed by atoms with Gasteiger partial charge in [0.05, 0.1) is 83.6 Å². The summed E-state index contributed by atoms with van der Waals surface area (Å²) in [5, 5.41) is 35.7. The molecule has 4 N–H and O–H groups in total. The van der Waals surface area contributed by atoms with Crippen LogP contribution >= 0.6 is 0 Å². The molecule has 1 aliphatic heterocycles. The maximum Gasteiger partial charge on any atom is 0.336 e. The van der Waals surface area contributed by atoms with Gasteiger partial charge in [-0.15, -0.1) is 0 Å². The van der Waals surface area contributed by atoms with Crippen molar-refractivity contribution in [3.8, 4) is 0 Å². The van der Waals surface area contributed by atoms with Crippen molar-refractivity contribution in [2.45, 2.75) is 169 Å². The van der Waals surface area contributed by atoms with Gasteiger partial charge in [-0.1, -0.05) is 55.4 Å². The van der Waals surface area contributed by atoms with Crippen LogP contribution in [0.5, 0.6) is 0 Å². The SMILES string of the molecule is C.CC(=O)c1cc(C(=O)O)c(C(C)=O)cc1C(=O)O.CC(=O)c1cc(C(C)=O)c(C(=O)O)cc1C(=O)O.CCC(C)(C)C(=O)OC.CCC(COC)OC.CCC1(COC(=O)C(C)(C)CC)COC1.CCCCOC(=O)C(C)(C)CC. The zero-order valence-electron chi connectivity index (χ0n) is 50.6. The minimum absolute atomic E-state index is 0. The van der Waals surface area contributed by atoms with Crippen LogP contribution in [0.3, 0.4) is 0 Å². The van der Waals surface area contributed by atoms with Gasteiger partial charge >= 0.3 is 41.8 Å². The molecule has 1 unspecified atom stereocenters. The summed E-state index contributed by atoms with van der Waals surface area (Å²) >= 11 is 0. The smallest absolute Gasteiger partial charge is 0.336 e. The lowest BCUT2D eigenvalue weighted by Crippen LogP contribution is -2.47. The van der Waals surface area contributed by atoms with Gasteiger partial charge in [0.25, 0.3) is 0 Å². The van der Waals surface area contributed by atoms with Crippen molar-refractivity contribution in [1.82, 2.24) is 0 Å². The first-order chi connectivity index (χ1) is 36.9. The molecule has 1 fully saturated rings. The van der Waals surface area contributed by atoms with Crippen molar-refractivity contribution in [3.63, 3.8) is 0 Å². The molecule has 21 nitrogen and oxygen atoms in total. The molecule has 1 saturated heterocycles. The number of esters is 3. The fourth-order valence-corrected chi connectivity index (χ4v) is 6.02. The van der Waals surface area contributed by atoms with Crippen LogP contribution in [0.1, 0.15) is 246 Å². The van der Waals surface area contributed by atoms with Crippen LogP contribution in [0, 0.1) is 21.7 Å². The second kappa shape index (κ2) is 38.8. The zero-order valence-corrected chi connectivity index (χ0v) is 50.6. The predicted molar refractivity (Wildman–Crippen MR) is 305 cm³/mol. The van der Waals surface area contributed by atoms with E-state index in [-0.39, 0.29) is 86.5 Å². The molecule has 2 aromatic rings. The van der Waals surface area contributed by atoms with Gasteiger partial charge in [0, 0.05) is 36.5 Å². The summed E-state index contributed by atoms with van der Waals surface area (Å²) in [6.45, 7) is 31.4. The average Bonchev–Trinajstić information content (AvgIpc) is 3.39. The summed E-state index contributed by atoms with van der Waals surface area (Å²) in [5.41, 5.74) is -3.32. The van der Waals surface area contributed by atoms with Crippen molar-refractivity contribution in [2.24, 2.45) is 21.7 Å². The number of aromatic carboxylic acids is 4. The van der Waals surface area contributed by atoms with Crippen molar-refractivity contribution < 1.29 is 102 Å². The first-order valence-electron chi connectivity index (χ1n) is 26.2. The van der Waals surface area contributed by atoms with Crippen LogP contribution in [-0.4, -0.2) is 146 Å². The van der Waals surface area contributed by atoms with Gasteiger partial charge in [0.15, 0.2) is 23.1 Å². The zero-order chi connectivity index (χ0) is 63.1. The number of rotatable bonds is 24. The summed E-state index contributed by atoms with van der Waals surface area (Å²) < 4.78 is 30.1. The highest BCUT2D eigenvalue weighted by atomic mass is 16.6. The fraction of sp³-hybridized carbons (Fsp3) is 0.617. The lowest BCUT2D eigenvalue weighted by Gasteiger charge is -2.40. The van der Waals surface area contributed by atoms with Gasteiger partial charge < -0.3 is 48.8 Å². The molecule has 3 rings (SSSR count). The molecular formula is C60H94O21. The number of carbonyl (C=O) groups is 11. The summed E-state index contributed by atoms with van der Waals surface area (Å²) in [7, 11) is 4.80. The maximum absolute atomic E-state index is 11.7. The second-order valence-corrected chi connectivity index (χ2v) is 20.7. The summed E-state index contributed by atoms with van der Waals surface area (Å²) in [6, 6.07) is 3.69. The highest BCUT2D eigenvalue weighted by molar-refractivity contribution is 6.13. The Kier molecular flexibility index (Phi) is 38.7. The maximum atomic E-state index is 11.7. The lowest BCUT2D eigenvalue weighted by atomic mass is 9.84. The van der Waals surface area contributed by atoms with Gasteiger partial charge in [-0.3, -0.25) is 33.6 Å². The molecule has 81 heavy (non-hydrogen) atoms.